The van der Waals surface area contributed by atoms with Crippen LogP contribution in [0.2, 0.25) is 0 Å². The monoisotopic (exact) mass is 405 g/mol. The van der Waals surface area contributed by atoms with Gasteiger partial charge < -0.3 is 5.32 Å². The molecular weight excluding hydrogens is 378 g/mol. The summed E-state index contributed by atoms with van der Waals surface area (Å²) in [5.41, 5.74) is 1.81. The van der Waals surface area contributed by atoms with Gasteiger partial charge in [-0.25, -0.2) is 14.0 Å². The second kappa shape index (κ2) is 9.09. The van der Waals surface area contributed by atoms with Gasteiger partial charge in [-0.05, 0) is 43.6 Å². The van der Waals surface area contributed by atoms with Crippen molar-refractivity contribution in [3.63, 3.8) is 0 Å². The standard InChI is InChI=1S/C23H27N5O2/c1-26-23(30)28(20-10-6-3-7-11-20)22(25-26)19-12-14-27(15-13-19)17-21(29)24-16-18-8-4-2-5-9-18/h2-11,19H,12-17H2,1H3,(H,24,29). The number of rotatable bonds is 6. The molecule has 1 saturated heterocycles. The number of likely N-dealkylation sites (tertiary alicyclic amines) is 1. The summed E-state index contributed by atoms with van der Waals surface area (Å²) in [5.74, 6) is 1.04. The van der Waals surface area contributed by atoms with Gasteiger partial charge in [-0.1, -0.05) is 48.5 Å². The van der Waals surface area contributed by atoms with Gasteiger partial charge in [-0.15, -0.1) is 0 Å². The van der Waals surface area contributed by atoms with Crippen molar-refractivity contribution < 1.29 is 4.79 Å². The number of nitrogens with zero attached hydrogens (tertiary/aromatic N) is 4. The predicted molar refractivity (Wildman–Crippen MR) is 116 cm³/mol. The van der Waals surface area contributed by atoms with E-state index in [4.69, 9.17) is 0 Å². The highest BCUT2D eigenvalue weighted by Gasteiger charge is 2.27. The third kappa shape index (κ3) is 4.52. The Labute approximate surface area is 175 Å². The van der Waals surface area contributed by atoms with Crippen LogP contribution in [0, 0.1) is 0 Å². The fraction of sp³-hybridized carbons (Fsp3) is 0.348. The van der Waals surface area contributed by atoms with Crippen LogP contribution in [-0.2, 0) is 18.4 Å². The third-order valence-electron chi connectivity index (χ3n) is 5.62. The lowest BCUT2D eigenvalue weighted by Crippen LogP contribution is -2.41. The average molecular weight is 406 g/mol. The summed E-state index contributed by atoms with van der Waals surface area (Å²) in [7, 11) is 1.69. The number of hydrogen-bond acceptors (Lipinski definition) is 4. The van der Waals surface area contributed by atoms with Crippen molar-refractivity contribution in [3.8, 4) is 5.69 Å². The van der Waals surface area contributed by atoms with E-state index in [2.05, 4.69) is 15.3 Å². The Bertz CT molecular complexity index is 1030. The Kier molecular flexibility index (Phi) is 6.09. The molecule has 156 valence electrons. The molecule has 0 bridgehead atoms. The molecule has 1 amide bonds. The van der Waals surface area contributed by atoms with Gasteiger partial charge in [0, 0.05) is 19.5 Å². The van der Waals surface area contributed by atoms with E-state index < -0.39 is 0 Å². The van der Waals surface area contributed by atoms with Crippen LogP contribution >= 0.6 is 0 Å². The number of carbonyl (C=O) groups is 1. The minimum Gasteiger partial charge on any atom is -0.351 e. The molecule has 0 spiro atoms. The molecule has 1 fully saturated rings. The van der Waals surface area contributed by atoms with Gasteiger partial charge in [0.05, 0.1) is 12.2 Å². The van der Waals surface area contributed by atoms with Crippen molar-refractivity contribution in [2.75, 3.05) is 19.6 Å². The van der Waals surface area contributed by atoms with E-state index in [9.17, 15) is 9.59 Å². The number of nitrogens with one attached hydrogen (secondary N) is 1. The molecule has 0 atom stereocenters. The number of aryl methyl sites for hydroxylation is 1. The normalized spacial score (nSPS) is 15.2. The first-order chi connectivity index (χ1) is 14.6. The van der Waals surface area contributed by atoms with Crippen LogP contribution in [0.1, 0.15) is 30.1 Å². The topological polar surface area (TPSA) is 72.2 Å². The van der Waals surface area contributed by atoms with E-state index in [1.165, 1.54) is 4.68 Å². The Morgan fingerprint density at radius 1 is 1.03 bits per heavy atom. The summed E-state index contributed by atoms with van der Waals surface area (Å²) < 4.78 is 3.12. The molecule has 30 heavy (non-hydrogen) atoms. The molecule has 1 aliphatic rings. The zero-order valence-corrected chi connectivity index (χ0v) is 17.2. The van der Waals surface area contributed by atoms with Gasteiger partial charge in [0.15, 0.2) is 0 Å². The van der Waals surface area contributed by atoms with Crippen molar-refractivity contribution in [1.29, 1.82) is 0 Å². The molecule has 7 heteroatoms. The van der Waals surface area contributed by atoms with Crippen molar-refractivity contribution in [1.82, 2.24) is 24.6 Å². The molecule has 0 radical (unpaired) electrons. The average Bonchev–Trinajstić information content (AvgIpc) is 3.08. The van der Waals surface area contributed by atoms with Gasteiger partial charge in [-0.3, -0.25) is 9.69 Å². The zero-order chi connectivity index (χ0) is 20.9. The van der Waals surface area contributed by atoms with Crippen LogP contribution in [0.3, 0.4) is 0 Å². The van der Waals surface area contributed by atoms with Crippen LogP contribution in [0.5, 0.6) is 0 Å². The molecule has 7 nitrogen and oxygen atoms in total. The van der Waals surface area contributed by atoms with E-state index in [0.29, 0.717) is 13.1 Å². The maximum absolute atomic E-state index is 12.6. The minimum atomic E-state index is -0.126. The van der Waals surface area contributed by atoms with Crippen LogP contribution in [-0.4, -0.2) is 44.8 Å². The number of para-hydroxylation sites is 1. The van der Waals surface area contributed by atoms with E-state index in [1.807, 2.05) is 60.7 Å². The van der Waals surface area contributed by atoms with E-state index in [-0.39, 0.29) is 17.5 Å². The highest BCUT2D eigenvalue weighted by atomic mass is 16.2. The fourth-order valence-corrected chi connectivity index (χ4v) is 3.97. The molecule has 2 heterocycles. The summed E-state index contributed by atoms with van der Waals surface area (Å²) in [6, 6.07) is 19.6. The zero-order valence-electron chi connectivity index (χ0n) is 17.2. The lowest BCUT2D eigenvalue weighted by atomic mass is 9.95. The lowest BCUT2D eigenvalue weighted by molar-refractivity contribution is -0.122. The van der Waals surface area contributed by atoms with E-state index in [0.717, 1.165) is 43.0 Å². The van der Waals surface area contributed by atoms with Gasteiger partial charge in [0.2, 0.25) is 5.91 Å². The molecule has 1 aliphatic heterocycles. The number of carbonyl (C=O) groups excluding carboxylic acids is 1. The number of amides is 1. The highest BCUT2D eigenvalue weighted by Crippen LogP contribution is 2.27. The number of benzene rings is 2. The number of aromatic nitrogens is 3. The lowest BCUT2D eigenvalue weighted by Gasteiger charge is -2.31. The Morgan fingerprint density at radius 3 is 2.33 bits per heavy atom. The predicted octanol–water partition coefficient (Wildman–Crippen LogP) is 2.07. The Hall–Kier alpha value is -3.19. The van der Waals surface area contributed by atoms with Gasteiger partial charge in [-0.2, -0.15) is 5.10 Å². The largest absolute Gasteiger partial charge is 0.351 e. The quantitative estimate of drug-likeness (QED) is 0.682. The van der Waals surface area contributed by atoms with E-state index in [1.54, 1.807) is 11.6 Å². The molecule has 4 rings (SSSR count). The van der Waals surface area contributed by atoms with E-state index >= 15 is 0 Å². The van der Waals surface area contributed by atoms with Crippen molar-refractivity contribution in [2.45, 2.75) is 25.3 Å². The van der Waals surface area contributed by atoms with Gasteiger partial charge >= 0.3 is 5.69 Å². The number of piperidine rings is 1. The molecule has 0 saturated carbocycles. The van der Waals surface area contributed by atoms with Crippen molar-refractivity contribution in [2.24, 2.45) is 7.05 Å². The van der Waals surface area contributed by atoms with Gasteiger partial charge in [0.25, 0.3) is 0 Å². The molecule has 2 aromatic carbocycles. The van der Waals surface area contributed by atoms with Crippen molar-refractivity contribution >= 4 is 5.91 Å². The molecule has 0 aliphatic carbocycles. The molecule has 0 unspecified atom stereocenters. The van der Waals surface area contributed by atoms with Crippen LogP contribution in [0.25, 0.3) is 5.69 Å². The SMILES string of the molecule is Cn1nc(C2CCN(CC(=O)NCc3ccccc3)CC2)n(-c2ccccc2)c1=O. The summed E-state index contributed by atoms with van der Waals surface area (Å²) in [6.45, 7) is 2.56. The molecule has 1 N–H and O–H groups in total. The first kappa shape index (κ1) is 20.1. The highest BCUT2D eigenvalue weighted by molar-refractivity contribution is 5.78. The third-order valence-corrected chi connectivity index (χ3v) is 5.62. The maximum Gasteiger partial charge on any atom is 0.350 e. The Morgan fingerprint density at radius 2 is 1.67 bits per heavy atom. The Balaban J connectivity index is 1.36. The van der Waals surface area contributed by atoms with Crippen molar-refractivity contribution in [3.05, 3.63) is 82.5 Å². The second-order valence-corrected chi connectivity index (χ2v) is 7.75. The van der Waals surface area contributed by atoms with Gasteiger partial charge in [0.1, 0.15) is 5.82 Å². The van der Waals surface area contributed by atoms with Crippen LogP contribution in [0.4, 0.5) is 0 Å². The molecule has 3 aromatic rings. The number of hydrogen-bond donors (Lipinski definition) is 1. The summed E-state index contributed by atoms with van der Waals surface area (Å²) in [4.78, 5) is 27.1. The molecular formula is C23H27N5O2. The maximum atomic E-state index is 12.6. The summed E-state index contributed by atoms with van der Waals surface area (Å²) in [5, 5.41) is 7.52. The summed E-state index contributed by atoms with van der Waals surface area (Å²) in [6.07, 6.45) is 1.74. The minimum absolute atomic E-state index is 0.0383. The second-order valence-electron chi connectivity index (χ2n) is 7.75. The molecule has 1 aromatic heterocycles. The fourth-order valence-electron chi connectivity index (χ4n) is 3.97. The van der Waals surface area contributed by atoms with Crippen LogP contribution in [0.15, 0.2) is 65.5 Å². The summed E-state index contributed by atoms with van der Waals surface area (Å²) >= 11 is 0. The van der Waals surface area contributed by atoms with Crippen LogP contribution < -0.4 is 11.0 Å². The first-order valence-electron chi connectivity index (χ1n) is 10.4. The first-order valence-corrected chi connectivity index (χ1v) is 10.4. The smallest absolute Gasteiger partial charge is 0.350 e.